The number of aromatic nitrogens is 10. The van der Waals surface area contributed by atoms with Gasteiger partial charge in [-0.05, 0) is 205 Å². The maximum Gasteiger partial charge on any atom is 0.133 e. The molecule has 2 N–H and O–H groups in total. The minimum absolute atomic E-state index is 0.856. The lowest BCUT2D eigenvalue weighted by Crippen LogP contribution is -1.65. The van der Waals surface area contributed by atoms with Gasteiger partial charge in [-0.2, -0.15) is 25.9 Å². The molecule has 0 saturated heterocycles. The van der Waals surface area contributed by atoms with Crippen LogP contribution in [0.4, 0.5) is 0 Å². The number of nitrogens with one attached hydrogen (secondary N) is 2. The lowest BCUT2D eigenvalue weighted by molar-refractivity contribution is 0.397. The maximum atomic E-state index is 4.83. The maximum absolute atomic E-state index is 4.83. The zero-order valence-electron chi connectivity index (χ0n) is 66.8. The van der Waals surface area contributed by atoms with E-state index in [0.717, 1.165) is 34.2 Å². The van der Waals surface area contributed by atoms with Crippen molar-refractivity contribution in [3.05, 3.63) is 234 Å². The third-order valence-corrected chi connectivity index (χ3v) is 10.9. The molecule has 0 spiro atoms. The second-order valence-corrected chi connectivity index (χ2v) is 18.8. The van der Waals surface area contributed by atoms with Crippen molar-refractivity contribution in [2.75, 3.05) is 0 Å². The summed E-state index contributed by atoms with van der Waals surface area (Å²) in [7, 11) is 0. The van der Waals surface area contributed by atoms with Crippen molar-refractivity contribution >= 4 is 57.3 Å². The summed E-state index contributed by atoms with van der Waals surface area (Å²) in [5.41, 5.74) is 9.17. The lowest BCUT2D eigenvalue weighted by atomic mass is 10.4. The van der Waals surface area contributed by atoms with Gasteiger partial charge in [0.15, 0.2) is 0 Å². The molecule has 552 valence electrons. The highest BCUT2D eigenvalue weighted by atomic mass is 32.1. The molecule has 0 radical (unpaired) electrons. The molecule has 12 rings (SSSR count). The van der Waals surface area contributed by atoms with Crippen molar-refractivity contribution < 1.29 is 22.4 Å². The summed E-state index contributed by atoms with van der Waals surface area (Å²) in [6.45, 7) is 71.8. The van der Waals surface area contributed by atoms with E-state index in [4.69, 9.17) is 8.83 Å². The van der Waals surface area contributed by atoms with Crippen LogP contribution in [0.2, 0.25) is 0 Å². The fraction of sp³-hybridized carbons (Fsp3) is 0.474. The number of H-pyrrole nitrogens is 2. The van der Waals surface area contributed by atoms with Gasteiger partial charge in [0.2, 0.25) is 0 Å². The average molecular weight is 1430 g/mol. The third kappa shape index (κ3) is 108. The Labute approximate surface area is 608 Å². The summed E-state index contributed by atoms with van der Waals surface area (Å²) in [6.07, 6.45) is 20.5. The molecule has 15 nitrogen and oxygen atoms in total. The second-order valence-electron chi connectivity index (χ2n) is 14.5. The molecular formula is C76H138N10O5S5. The monoisotopic (exact) mass is 1430 g/mol. The highest BCUT2D eigenvalue weighted by Crippen LogP contribution is 2.04. The van der Waals surface area contributed by atoms with Crippen LogP contribution >= 0.6 is 57.3 Å². The van der Waals surface area contributed by atoms with Crippen LogP contribution in [0, 0.1) is 83.1 Å². The topological polar surface area (TPSA) is 200 Å². The van der Waals surface area contributed by atoms with Crippen molar-refractivity contribution in [1.82, 2.24) is 49.0 Å². The molecule has 0 bridgehead atoms. The Balaban J connectivity index is -0.0000000779. The van der Waals surface area contributed by atoms with Crippen molar-refractivity contribution in [2.45, 2.75) is 249 Å². The Morgan fingerprint density at radius 1 is 0.396 bits per heavy atom. The first-order valence-electron chi connectivity index (χ1n) is 33.8. The van der Waals surface area contributed by atoms with Crippen molar-refractivity contribution in [1.29, 1.82) is 0 Å². The normalized spacial score (nSPS) is 7.38. The number of nitrogens with zero attached hydrogens (tertiary/aromatic N) is 8. The van der Waals surface area contributed by atoms with E-state index in [9.17, 15) is 0 Å². The summed E-state index contributed by atoms with van der Waals surface area (Å²) in [6, 6.07) is 21.5. The van der Waals surface area contributed by atoms with Crippen LogP contribution in [-0.2, 0) is 0 Å². The number of hydrogen-bond donors (Lipinski definition) is 2. The molecule has 0 unspecified atom stereocenters. The van der Waals surface area contributed by atoms with E-state index in [1.165, 1.54) is 66.6 Å². The van der Waals surface area contributed by atoms with Gasteiger partial charge >= 0.3 is 0 Å². The van der Waals surface area contributed by atoms with Crippen LogP contribution in [-0.4, -0.2) is 49.0 Å². The fourth-order valence-corrected chi connectivity index (χ4v) is 6.31. The lowest BCUT2D eigenvalue weighted by Gasteiger charge is -1.69. The minimum Gasteiger partial charge on any atom is -0.472 e. The molecule has 0 aliphatic heterocycles. The molecule has 12 aromatic rings. The van der Waals surface area contributed by atoms with Crippen molar-refractivity contribution in [3.8, 4) is 0 Å². The molecule has 0 amide bonds. The second kappa shape index (κ2) is 112. The van der Waals surface area contributed by atoms with Crippen LogP contribution in [0.1, 0.15) is 232 Å². The molecule has 0 aliphatic rings. The number of thiophene rings is 2. The fourth-order valence-electron chi connectivity index (χ4n) is 3.65. The van der Waals surface area contributed by atoms with Gasteiger partial charge in [-0.3, -0.25) is 10.2 Å². The molecule has 0 aliphatic carbocycles. The standard InChI is InChI=1S/2C5H6O.2C5H6S.2C4H6N2.3C4H5NO.3C4H5NS.12C2H6/c1-5-2-3-6-4-5;1-5-3-2-4-6-5;1-5-2-3-6-4-5;1-5-3-2-4-6-5;1-4-2-5-6-3-4;1-4-2-3-5-6-4;1-4-2-5-6-3-4;1-4-2-3-6-5-4;1-4-2-3-5-6-4;1-4-2-5-6-3-4;1-4-2-3-6-5-4;1-4-2-3-5-6-4;12*1-2/h4*2-4H,1H3;2*2-3H,1H3,(H,5,6);6*2-3H,1H3;12*1-2H3. The number of furan rings is 2. The van der Waals surface area contributed by atoms with Gasteiger partial charge in [-0.1, -0.05) is 188 Å². The van der Waals surface area contributed by atoms with E-state index < -0.39 is 0 Å². The Morgan fingerprint density at radius 3 is 1.15 bits per heavy atom. The Morgan fingerprint density at radius 2 is 1.02 bits per heavy atom. The van der Waals surface area contributed by atoms with Crippen LogP contribution < -0.4 is 0 Å². The quantitative estimate of drug-likeness (QED) is 0.145. The number of aryl methyl sites for hydroxylation is 12. The molecule has 96 heavy (non-hydrogen) atoms. The van der Waals surface area contributed by atoms with Gasteiger partial charge in [-0.25, -0.2) is 8.75 Å². The SMILES string of the molecule is CC.CC.CC.CC.CC.CC.CC.CC.CC.CC.CC.CC.Cc1ccco1.Cc1cccs1.Cc1ccn[nH]1.Cc1ccno1.Cc1ccns1.Cc1ccoc1.Cc1ccon1.Cc1ccsc1.Cc1ccsn1.Cc1cn[nH]c1.Cc1cnoc1.Cc1cnsc1. The summed E-state index contributed by atoms with van der Waals surface area (Å²) in [5, 5.41) is 33.5. The van der Waals surface area contributed by atoms with Gasteiger partial charge < -0.3 is 22.4 Å². The van der Waals surface area contributed by atoms with Gasteiger partial charge in [0.05, 0.1) is 48.8 Å². The predicted octanol–water partition coefficient (Wildman–Crippen LogP) is 28.3. The minimum atomic E-state index is 0.856. The van der Waals surface area contributed by atoms with Gasteiger partial charge in [0.25, 0.3) is 0 Å². The number of hydrogen-bond acceptors (Lipinski definition) is 18. The van der Waals surface area contributed by atoms with Gasteiger partial charge in [0.1, 0.15) is 24.0 Å². The van der Waals surface area contributed by atoms with E-state index in [0.29, 0.717) is 0 Å². The van der Waals surface area contributed by atoms with Crippen LogP contribution in [0.25, 0.3) is 0 Å². The van der Waals surface area contributed by atoms with Crippen LogP contribution in [0.3, 0.4) is 0 Å². The Hall–Kier alpha value is -7.10. The van der Waals surface area contributed by atoms with Crippen molar-refractivity contribution in [2.24, 2.45) is 0 Å². The molecular weight excluding hydrogens is 1290 g/mol. The molecule has 0 aromatic carbocycles. The van der Waals surface area contributed by atoms with Gasteiger partial charge in [-0.15, -0.1) is 11.3 Å². The van der Waals surface area contributed by atoms with E-state index >= 15 is 0 Å². The summed E-state index contributed by atoms with van der Waals surface area (Å²) in [4.78, 5) is 2.66. The molecule has 20 heteroatoms. The first-order chi connectivity index (χ1) is 46.7. The van der Waals surface area contributed by atoms with Crippen molar-refractivity contribution in [3.63, 3.8) is 0 Å². The largest absolute Gasteiger partial charge is 0.472 e. The van der Waals surface area contributed by atoms with Gasteiger partial charge in [0, 0.05) is 68.7 Å². The first-order valence-corrected chi connectivity index (χ1v) is 38.1. The predicted molar refractivity (Wildman–Crippen MR) is 432 cm³/mol. The number of aromatic amines is 2. The highest BCUT2D eigenvalue weighted by molar-refractivity contribution is 7.09. The zero-order valence-corrected chi connectivity index (χ0v) is 70.9. The highest BCUT2D eigenvalue weighted by Gasteiger charge is 1.82. The number of rotatable bonds is 0. The van der Waals surface area contributed by atoms with E-state index in [1.54, 1.807) is 97.1 Å². The summed E-state index contributed by atoms with van der Waals surface area (Å²) >= 11 is 8.02. The first kappa shape index (κ1) is 116. The summed E-state index contributed by atoms with van der Waals surface area (Å²) in [5.74, 6) is 1.82. The molecule has 0 atom stereocenters. The van der Waals surface area contributed by atoms with E-state index in [2.05, 4.69) is 111 Å². The molecule has 0 saturated carbocycles. The summed E-state index contributed by atoms with van der Waals surface area (Å²) < 4.78 is 34.7. The molecule has 12 aromatic heterocycles. The molecule has 12 heterocycles. The Bertz CT molecular complexity index is 2040. The van der Waals surface area contributed by atoms with E-state index in [-0.39, 0.29) is 0 Å². The van der Waals surface area contributed by atoms with E-state index in [1.807, 2.05) is 295 Å². The average Bonchev–Trinajstić information content (AvgIpc) is 4.46. The van der Waals surface area contributed by atoms with Crippen LogP contribution in [0.5, 0.6) is 0 Å². The smallest absolute Gasteiger partial charge is 0.133 e. The third-order valence-electron chi connectivity index (χ3n) is 7.31. The zero-order chi connectivity index (χ0) is 76.9. The Kier molecular flexibility index (Phi) is 136. The molecule has 0 fully saturated rings. The van der Waals surface area contributed by atoms with Crippen LogP contribution in [0.15, 0.2) is 191 Å².